The normalized spacial score (nSPS) is 11.9. The minimum atomic E-state index is 0.653. The van der Waals surface area contributed by atoms with Gasteiger partial charge < -0.3 is 13.6 Å². The second-order valence-corrected chi connectivity index (χ2v) is 11.0. The van der Waals surface area contributed by atoms with E-state index in [0.717, 1.165) is 55.1 Å². The quantitative estimate of drug-likeness (QED) is 0.220. The molecule has 3 aromatic heterocycles. The maximum atomic E-state index is 9.56. The van der Waals surface area contributed by atoms with E-state index < -0.39 is 0 Å². The monoisotopic (exact) mass is 537 g/mol. The number of para-hydroxylation sites is 3. The summed E-state index contributed by atoms with van der Waals surface area (Å²) >= 11 is 0. The van der Waals surface area contributed by atoms with E-state index in [9.17, 15) is 5.26 Å². The van der Waals surface area contributed by atoms with Crippen LogP contribution in [0.4, 0.5) is 0 Å². The number of rotatable bonds is 2. The molecular weight excluding hydrogens is 514 g/mol. The van der Waals surface area contributed by atoms with Crippen molar-refractivity contribution in [2.24, 2.45) is 0 Å². The largest absolute Gasteiger partial charge is 0.454 e. The first-order chi connectivity index (χ1) is 20.7. The molecule has 0 radical (unpaired) electrons. The first kappa shape index (κ1) is 23.0. The predicted molar refractivity (Wildman–Crippen MR) is 172 cm³/mol. The average molecular weight is 538 g/mol. The molecule has 42 heavy (non-hydrogen) atoms. The summed E-state index contributed by atoms with van der Waals surface area (Å²) in [5.74, 6) is 0. The molecule has 0 amide bonds. The lowest BCUT2D eigenvalue weighted by atomic mass is 10.1. The van der Waals surface area contributed by atoms with Crippen molar-refractivity contribution < 1.29 is 4.42 Å². The van der Waals surface area contributed by atoms with E-state index in [1.54, 1.807) is 0 Å². The number of hydrogen-bond donors (Lipinski definition) is 0. The summed E-state index contributed by atoms with van der Waals surface area (Å²) in [5.41, 5.74) is 10.2. The zero-order valence-electron chi connectivity index (χ0n) is 22.8. The maximum Gasteiger partial charge on any atom is 0.159 e. The number of aromatic nitrogens is 2. The van der Waals surface area contributed by atoms with Crippen LogP contribution in [0.15, 0.2) is 126 Å². The molecule has 9 aromatic rings. The van der Waals surface area contributed by atoms with Crippen LogP contribution in [-0.2, 0) is 0 Å². The van der Waals surface area contributed by atoms with Crippen LogP contribution in [0, 0.1) is 18.3 Å². The van der Waals surface area contributed by atoms with E-state index in [-0.39, 0.29) is 0 Å². The average Bonchev–Trinajstić information content (AvgIpc) is 3.67. The van der Waals surface area contributed by atoms with Crippen LogP contribution in [0.2, 0.25) is 0 Å². The number of nitrogens with zero attached hydrogens (tertiary/aromatic N) is 3. The Kier molecular flexibility index (Phi) is 4.57. The van der Waals surface area contributed by atoms with E-state index in [4.69, 9.17) is 4.42 Å². The van der Waals surface area contributed by atoms with E-state index in [1.807, 2.05) is 24.3 Å². The molecule has 0 spiro atoms. The van der Waals surface area contributed by atoms with Gasteiger partial charge >= 0.3 is 0 Å². The Labute approximate surface area is 240 Å². The van der Waals surface area contributed by atoms with Crippen molar-refractivity contribution in [1.82, 2.24) is 9.13 Å². The minimum Gasteiger partial charge on any atom is -0.454 e. The van der Waals surface area contributed by atoms with Gasteiger partial charge in [-0.1, -0.05) is 60.7 Å². The molecule has 0 aliphatic rings. The zero-order valence-corrected chi connectivity index (χ0v) is 22.8. The van der Waals surface area contributed by atoms with Crippen LogP contribution in [0.3, 0.4) is 0 Å². The van der Waals surface area contributed by atoms with Crippen LogP contribution >= 0.6 is 0 Å². The van der Waals surface area contributed by atoms with Gasteiger partial charge in [0.2, 0.25) is 0 Å². The molecule has 0 saturated carbocycles. The molecule has 0 atom stereocenters. The summed E-state index contributed by atoms with van der Waals surface area (Å²) in [6.07, 6.45) is 0. The van der Waals surface area contributed by atoms with Crippen molar-refractivity contribution in [1.29, 1.82) is 5.26 Å². The number of benzene rings is 6. The lowest BCUT2D eigenvalue weighted by molar-refractivity contribution is 0.666. The summed E-state index contributed by atoms with van der Waals surface area (Å²) in [7, 11) is 0. The molecule has 4 heteroatoms. The topological polar surface area (TPSA) is 46.8 Å². The van der Waals surface area contributed by atoms with Crippen molar-refractivity contribution >= 4 is 65.6 Å². The molecule has 6 aromatic carbocycles. The molecule has 0 aliphatic carbocycles. The Bertz CT molecular complexity index is 2600. The van der Waals surface area contributed by atoms with E-state index >= 15 is 0 Å². The van der Waals surface area contributed by atoms with Gasteiger partial charge in [0, 0.05) is 38.0 Å². The molecule has 0 N–H and O–H groups in total. The van der Waals surface area contributed by atoms with Crippen molar-refractivity contribution in [3.8, 4) is 17.4 Å². The Morgan fingerprint density at radius 2 is 1.26 bits per heavy atom. The van der Waals surface area contributed by atoms with Gasteiger partial charge in [-0.15, -0.1) is 0 Å². The molecule has 3 heterocycles. The number of furan rings is 1. The number of aryl methyl sites for hydroxylation is 1. The minimum absolute atomic E-state index is 0.653. The van der Waals surface area contributed by atoms with E-state index in [2.05, 4.69) is 119 Å². The van der Waals surface area contributed by atoms with Gasteiger partial charge in [-0.3, -0.25) is 0 Å². The Hall–Kier alpha value is -5.79. The summed E-state index contributed by atoms with van der Waals surface area (Å²) in [6.45, 7) is 2.14. The van der Waals surface area contributed by atoms with E-state index in [1.165, 1.54) is 27.4 Å². The molecule has 9 rings (SSSR count). The van der Waals surface area contributed by atoms with Gasteiger partial charge in [0.1, 0.15) is 5.58 Å². The van der Waals surface area contributed by atoms with Crippen LogP contribution in [0.25, 0.3) is 76.9 Å². The number of fused-ring (bicyclic) bond motifs is 9. The molecule has 0 unspecified atom stereocenters. The molecule has 196 valence electrons. The lowest BCUT2D eigenvalue weighted by Crippen LogP contribution is -1.94. The standard InChI is InChI=1S/C38H23N3O/c1-23-13-16-28-26-7-2-4-10-32(26)40(36(28)19-23)25-15-18-37-31(21-25)29-9-6-12-35(38(29)42-37)41-33-11-5-3-8-27(33)30-20-24(22-39)14-17-34(30)41/h2-21H,1H3. The summed E-state index contributed by atoms with van der Waals surface area (Å²) < 4.78 is 11.3. The van der Waals surface area contributed by atoms with Gasteiger partial charge in [0.05, 0.1) is 39.4 Å². The third-order valence-corrected chi connectivity index (χ3v) is 8.59. The molecular formula is C38H23N3O. The Balaban J connectivity index is 1.33. The summed E-state index contributed by atoms with van der Waals surface area (Å²) in [5, 5.41) is 16.4. The van der Waals surface area contributed by atoms with Crippen LogP contribution in [0.1, 0.15) is 11.1 Å². The van der Waals surface area contributed by atoms with Crippen LogP contribution in [-0.4, -0.2) is 9.13 Å². The SMILES string of the molecule is Cc1ccc2c3ccccc3n(-c3ccc4oc5c(-n6c7ccccc7c7cc(C#N)ccc76)cccc5c4c3)c2c1. The number of nitriles is 1. The van der Waals surface area contributed by atoms with Crippen LogP contribution in [0.5, 0.6) is 0 Å². The number of hydrogen-bond acceptors (Lipinski definition) is 2. The Morgan fingerprint density at radius 3 is 2.10 bits per heavy atom. The lowest BCUT2D eigenvalue weighted by Gasteiger charge is -2.09. The molecule has 0 bridgehead atoms. The fraction of sp³-hybridized carbons (Fsp3) is 0.0263. The maximum absolute atomic E-state index is 9.56. The van der Waals surface area contributed by atoms with E-state index in [0.29, 0.717) is 5.56 Å². The van der Waals surface area contributed by atoms with Crippen molar-refractivity contribution in [2.45, 2.75) is 6.92 Å². The predicted octanol–water partition coefficient (Wildman–Crippen LogP) is 9.96. The molecule has 0 fully saturated rings. The van der Waals surface area contributed by atoms with Gasteiger partial charge in [-0.2, -0.15) is 5.26 Å². The van der Waals surface area contributed by atoms with Gasteiger partial charge in [-0.25, -0.2) is 0 Å². The summed E-state index contributed by atoms with van der Waals surface area (Å²) in [4.78, 5) is 0. The van der Waals surface area contributed by atoms with Gasteiger partial charge in [0.25, 0.3) is 0 Å². The second kappa shape index (κ2) is 8.36. The fourth-order valence-electron chi connectivity index (χ4n) is 6.75. The first-order valence-corrected chi connectivity index (χ1v) is 14.1. The van der Waals surface area contributed by atoms with Gasteiger partial charge in [-0.05, 0) is 73.2 Å². The fourth-order valence-corrected chi connectivity index (χ4v) is 6.75. The molecule has 0 saturated heterocycles. The third kappa shape index (κ3) is 3.05. The third-order valence-electron chi connectivity index (χ3n) is 8.59. The first-order valence-electron chi connectivity index (χ1n) is 14.1. The highest BCUT2D eigenvalue weighted by molar-refractivity contribution is 6.14. The Morgan fingerprint density at radius 1 is 0.548 bits per heavy atom. The summed E-state index contributed by atoms with van der Waals surface area (Å²) in [6, 6.07) is 44.7. The van der Waals surface area contributed by atoms with Crippen molar-refractivity contribution in [3.05, 3.63) is 132 Å². The molecule has 0 aliphatic heterocycles. The molecule has 4 nitrogen and oxygen atoms in total. The van der Waals surface area contributed by atoms with Crippen molar-refractivity contribution in [3.63, 3.8) is 0 Å². The van der Waals surface area contributed by atoms with Crippen LogP contribution < -0.4 is 0 Å². The highest BCUT2D eigenvalue weighted by Gasteiger charge is 2.19. The highest BCUT2D eigenvalue weighted by Crippen LogP contribution is 2.40. The van der Waals surface area contributed by atoms with Crippen molar-refractivity contribution in [2.75, 3.05) is 0 Å². The smallest absolute Gasteiger partial charge is 0.159 e. The second-order valence-electron chi connectivity index (χ2n) is 11.0. The highest BCUT2D eigenvalue weighted by atomic mass is 16.3. The van der Waals surface area contributed by atoms with Gasteiger partial charge in [0.15, 0.2) is 5.58 Å². The zero-order chi connectivity index (χ0) is 27.9.